The van der Waals surface area contributed by atoms with Gasteiger partial charge >= 0.3 is 0 Å². The second kappa shape index (κ2) is 5.32. The monoisotopic (exact) mass is 277 g/mol. The molecule has 6 heteroatoms. The van der Waals surface area contributed by atoms with Crippen LogP contribution in [-0.4, -0.2) is 26.0 Å². The highest BCUT2D eigenvalue weighted by Crippen LogP contribution is 2.14. The van der Waals surface area contributed by atoms with Crippen molar-refractivity contribution in [3.63, 3.8) is 0 Å². The van der Waals surface area contributed by atoms with E-state index in [-0.39, 0.29) is 18.7 Å². The molecule has 0 saturated heterocycles. The fourth-order valence-electron chi connectivity index (χ4n) is 1.31. The lowest BCUT2D eigenvalue weighted by Gasteiger charge is -2.22. The first-order valence-corrected chi connectivity index (χ1v) is 7.37. The van der Waals surface area contributed by atoms with Crippen molar-refractivity contribution in [3.05, 3.63) is 35.4 Å². The van der Waals surface area contributed by atoms with Crippen LogP contribution in [-0.2, 0) is 16.4 Å². The molecule has 0 aliphatic carbocycles. The molecule has 3 nitrogen and oxygen atoms in total. The molecule has 0 amide bonds. The molecule has 0 fully saturated rings. The maximum Gasteiger partial charge on any atom is 0.153 e. The van der Waals surface area contributed by atoms with Crippen molar-refractivity contribution in [2.75, 3.05) is 12.8 Å². The average molecular weight is 277 g/mol. The zero-order valence-electron chi connectivity index (χ0n) is 10.6. The highest BCUT2D eigenvalue weighted by molar-refractivity contribution is 7.92. The van der Waals surface area contributed by atoms with Crippen LogP contribution in [0, 0.1) is 11.6 Å². The highest BCUT2D eigenvalue weighted by atomic mass is 32.2. The number of benzene rings is 1. The van der Waals surface area contributed by atoms with Crippen molar-refractivity contribution in [2.24, 2.45) is 0 Å². The standard InChI is InChI=1S/C12H17F2NO2S/c1-12(2,18(3,16)17)8-15-7-9-6-10(13)4-5-11(9)14/h4-6,15H,7-8H2,1-3H3. The van der Waals surface area contributed by atoms with Gasteiger partial charge in [0, 0.05) is 24.9 Å². The molecule has 1 aromatic carbocycles. The summed E-state index contributed by atoms with van der Waals surface area (Å²) < 4.78 is 48.1. The zero-order valence-corrected chi connectivity index (χ0v) is 11.4. The number of rotatable bonds is 5. The summed E-state index contributed by atoms with van der Waals surface area (Å²) in [6.45, 7) is 3.42. The fourth-order valence-corrected chi connectivity index (χ4v) is 1.67. The van der Waals surface area contributed by atoms with Crippen molar-refractivity contribution < 1.29 is 17.2 Å². The first-order chi connectivity index (χ1) is 8.13. The minimum absolute atomic E-state index is 0.0859. The van der Waals surface area contributed by atoms with E-state index in [0.29, 0.717) is 0 Å². The summed E-state index contributed by atoms with van der Waals surface area (Å²) in [4.78, 5) is 0. The van der Waals surface area contributed by atoms with Gasteiger partial charge in [-0.25, -0.2) is 17.2 Å². The number of nitrogens with one attached hydrogen (secondary N) is 1. The van der Waals surface area contributed by atoms with E-state index in [1.807, 2.05) is 0 Å². The summed E-state index contributed by atoms with van der Waals surface area (Å²) in [6, 6.07) is 3.18. The lowest BCUT2D eigenvalue weighted by molar-refractivity contribution is 0.512. The van der Waals surface area contributed by atoms with Crippen LogP contribution >= 0.6 is 0 Å². The van der Waals surface area contributed by atoms with Gasteiger partial charge in [-0.1, -0.05) is 0 Å². The fraction of sp³-hybridized carbons (Fsp3) is 0.500. The Morgan fingerprint density at radius 1 is 1.28 bits per heavy atom. The molecule has 0 saturated carbocycles. The molecular formula is C12H17F2NO2S. The Kier molecular flexibility index (Phi) is 4.45. The highest BCUT2D eigenvalue weighted by Gasteiger charge is 2.29. The third-order valence-corrected chi connectivity index (χ3v) is 5.03. The topological polar surface area (TPSA) is 46.2 Å². The van der Waals surface area contributed by atoms with Crippen molar-refractivity contribution >= 4 is 9.84 Å². The van der Waals surface area contributed by atoms with Gasteiger partial charge in [-0.15, -0.1) is 0 Å². The number of halogens is 2. The molecule has 0 unspecified atom stereocenters. The number of hydrogen-bond donors (Lipinski definition) is 1. The van der Waals surface area contributed by atoms with Gasteiger partial charge in [0.2, 0.25) is 0 Å². The third kappa shape index (κ3) is 3.74. The Hall–Kier alpha value is -1.01. The minimum atomic E-state index is -3.21. The lowest BCUT2D eigenvalue weighted by Crippen LogP contribution is -2.41. The van der Waals surface area contributed by atoms with Crippen LogP contribution in [0.4, 0.5) is 8.78 Å². The summed E-state index contributed by atoms with van der Waals surface area (Å²) in [5, 5.41) is 2.83. The van der Waals surface area contributed by atoms with E-state index in [2.05, 4.69) is 5.32 Å². The average Bonchev–Trinajstić information content (AvgIpc) is 2.21. The van der Waals surface area contributed by atoms with E-state index in [1.165, 1.54) is 0 Å². The van der Waals surface area contributed by atoms with Crippen LogP contribution in [0.15, 0.2) is 18.2 Å². The normalized spacial score (nSPS) is 12.7. The van der Waals surface area contributed by atoms with Gasteiger partial charge in [0.1, 0.15) is 11.6 Å². The summed E-state index contributed by atoms with van der Waals surface area (Å²) >= 11 is 0. The van der Waals surface area contributed by atoms with Gasteiger partial charge in [0.25, 0.3) is 0 Å². The summed E-state index contributed by atoms with van der Waals surface area (Å²) in [5.41, 5.74) is 0.180. The Balaban J connectivity index is 2.65. The summed E-state index contributed by atoms with van der Waals surface area (Å²) in [6.07, 6.45) is 1.15. The van der Waals surface area contributed by atoms with Crippen LogP contribution in [0.25, 0.3) is 0 Å². The van der Waals surface area contributed by atoms with Crippen LogP contribution in [0.1, 0.15) is 19.4 Å². The lowest BCUT2D eigenvalue weighted by atomic mass is 10.1. The van der Waals surface area contributed by atoms with Gasteiger partial charge in [-0.3, -0.25) is 0 Å². The predicted molar refractivity (Wildman–Crippen MR) is 67.0 cm³/mol. The first kappa shape index (κ1) is 15.0. The second-order valence-corrected chi connectivity index (χ2v) is 7.52. The minimum Gasteiger partial charge on any atom is -0.311 e. The van der Waals surface area contributed by atoms with E-state index in [4.69, 9.17) is 0 Å². The molecule has 0 spiro atoms. The maximum absolute atomic E-state index is 13.3. The quantitative estimate of drug-likeness (QED) is 0.894. The van der Waals surface area contributed by atoms with E-state index in [0.717, 1.165) is 24.5 Å². The Morgan fingerprint density at radius 2 is 1.89 bits per heavy atom. The van der Waals surface area contributed by atoms with E-state index >= 15 is 0 Å². The van der Waals surface area contributed by atoms with E-state index in [9.17, 15) is 17.2 Å². The molecule has 0 radical (unpaired) electrons. The van der Waals surface area contributed by atoms with E-state index < -0.39 is 26.2 Å². The third-order valence-electron chi connectivity index (χ3n) is 2.88. The van der Waals surface area contributed by atoms with Gasteiger partial charge in [0.05, 0.1) is 4.75 Å². The molecule has 0 aliphatic rings. The SMILES string of the molecule is CC(C)(CNCc1cc(F)ccc1F)S(C)(=O)=O. The van der Waals surface area contributed by atoms with Crippen molar-refractivity contribution in [1.29, 1.82) is 0 Å². The number of hydrogen-bond acceptors (Lipinski definition) is 3. The van der Waals surface area contributed by atoms with Crippen molar-refractivity contribution in [3.8, 4) is 0 Å². The summed E-state index contributed by atoms with van der Waals surface area (Å²) in [7, 11) is -3.21. The molecule has 1 rings (SSSR count). The maximum atomic E-state index is 13.3. The molecule has 1 aromatic rings. The number of sulfone groups is 1. The Morgan fingerprint density at radius 3 is 2.44 bits per heavy atom. The molecule has 1 N–H and O–H groups in total. The molecule has 0 bridgehead atoms. The zero-order chi connectivity index (χ0) is 14.0. The summed E-state index contributed by atoms with van der Waals surface area (Å²) in [5.74, 6) is -1.03. The molecule has 0 aliphatic heterocycles. The Bertz CT molecular complexity index is 527. The Labute approximate surface area is 106 Å². The largest absolute Gasteiger partial charge is 0.311 e. The second-order valence-electron chi connectivity index (χ2n) is 4.87. The van der Waals surface area contributed by atoms with Gasteiger partial charge < -0.3 is 5.32 Å². The molecule has 0 aromatic heterocycles. The van der Waals surface area contributed by atoms with Crippen LogP contribution < -0.4 is 5.32 Å². The smallest absolute Gasteiger partial charge is 0.153 e. The van der Waals surface area contributed by atoms with Gasteiger partial charge in [-0.05, 0) is 32.0 Å². The van der Waals surface area contributed by atoms with Crippen molar-refractivity contribution in [1.82, 2.24) is 5.32 Å². The molecule has 0 heterocycles. The van der Waals surface area contributed by atoms with Crippen LogP contribution in [0.5, 0.6) is 0 Å². The molecule has 0 atom stereocenters. The first-order valence-electron chi connectivity index (χ1n) is 5.48. The molecule has 18 heavy (non-hydrogen) atoms. The van der Waals surface area contributed by atoms with Crippen LogP contribution in [0.3, 0.4) is 0 Å². The molecule has 102 valence electrons. The predicted octanol–water partition coefficient (Wildman–Crippen LogP) is 1.88. The molecular weight excluding hydrogens is 260 g/mol. The van der Waals surface area contributed by atoms with Crippen LogP contribution in [0.2, 0.25) is 0 Å². The van der Waals surface area contributed by atoms with E-state index in [1.54, 1.807) is 13.8 Å². The van der Waals surface area contributed by atoms with Gasteiger partial charge in [-0.2, -0.15) is 0 Å². The van der Waals surface area contributed by atoms with Crippen molar-refractivity contribution in [2.45, 2.75) is 25.1 Å². The van der Waals surface area contributed by atoms with Gasteiger partial charge in [0.15, 0.2) is 9.84 Å².